The van der Waals surface area contributed by atoms with Crippen LogP contribution in [-0.2, 0) is 4.79 Å². The lowest BCUT2D eigenvalue weighted by molar-refractivity contribution is -0.125. The van der Waals surface area contributed by atoms with Gasteiger partial charge in [-0.1, -0.05) is 6.92 Å². The second-order valence-electron chi connectivity index (χ2n) is 4.19. The molecule has 3 amide bonds. The molecule has 0 bridgehead atoms. The first-order chi connectivity index (χ1) is 7.18. The predicted octanol–water partition coefficient (Wildman–Crippen LogP) is 1.07. The summed E-state index contributed by atoms with van der Waals surface area (Å²) in [5, 5.41) is 2.42. The second kappa shape index (κ2) is 4.43. The lowest BCUT2D eigenvalue weighted by Crippen LogP contribution is -2.57. The summed E-state index contributed by atoms with van der Waals surface area (Å²) in [5.41, 5.74) is 0. The number of thioether (sulfide) groups is 1. The van der Waals surface area contributed by atoms with Crippen LogP contribution in [0.25, 0.3) is 0 Å². The third-order valence-electron chi connectivity index (χ3n) is 3.04. The SMILES string of the molecule is CC1CN(C2CCSCC2)C(=O)NC1=O. The van der Waals surface area contributed by atoms with E-state index in [0.717, 1.165) is 24.3 Å². The number of carbonyl (C=O) groups is 2. The lowest BCUT2D eigenvalue weighted by Gasteiger charge is -2.38. The summed E-state index contributed by atoms with van der Waals surface area (Å²) in [4.78, 5) is 24.7. The summed E-state index contributed by atoms with van der Waals surface area (Å²) in [6.07, 6.45) is 2.11. The number of urea groups is 1. The van der Waals surface area contributed by atoms with Crippen molar-refractivity contribution >= 4 is 23.7 Å². The Morgan fingerprint density at radius 3 is 2.67 bits per heavy atom. The van der Waals surface area contributed by atoms with E-state index in [1.54, 1.807) is 0 Å². The highest BCUT2D eigenvalue weighted by Crippen LogP contribution is 2.23. The average Bonchev–Trinajstić information content (AvgIpc) is 2.25. The smallest absolute Gasteiger partial charge is 0.321 e. The molecule has 84 valence electrons. The molecule has 2 aliphatic heterocycles. The first-order valence-electron chi connectivity index (χ1n) is 5.37. The van der Waals surface area contributed by atoms with Crippen LogP contribution in [0.15, 0.2) is 0 Å². The number of carbonyl (C=O) groups excluding carboxylic acids is 2. The number of imide groups is 1. The number of rotatable bonds is 1. The van der Waals surface area contributed by atoms with Gasteiger partial charge in [0.25, 0.3) is 0 Å². The van der Waals surface area contributed by atoms with Crippen molar-refractivity contribution in [2.24, 2.45) is 5.92 Å². The van der Waals surface area contributed by atoms with Crippen LogP contribution < -0.4 is 5.32 Å². The Hall–Kier alpha value is -0.710. The van der Waals surface area contributed by atoms with Gasteiger partial charge in [-0.25, -0.2) is 4.79 Å². The summed E-state index contributed by atoms with van der Waals surface area (Å²) in [7, 11) is 0. The van der Waals surface area contributed by atoms with Crippen LogP contribution >= 0.6 is 11.8 Å². The van der Waals surface area contributed by atoms with E-state index in [4.69, 9.17) is 0 Å². The van der Waals surface area contributed by atoms with Crippen molar-refractivity contribution in [3.05, 3.63) is 0 Å². The molecule has 0 radical (unpaired) electrons. The number of amides is 3. The van der Waals surface area contributed by atoms with E-state index in [-0.39, 0.29) is 17.9 Å². The highest BCUT2D eigenvalue weighted by Gasteiger charge is 2.33. The summed E-state index contributed by atoms with van der Waals surface area (Å²) in [6.45, 7) is 2.45. The van der Waals surface area contributed by atoms with Gasteiger partial charge in [-0.15, -0.1) is 0 Å². The molecule has 1 N–H and O–H groups in total. The molecule has 0 aromatic rings. The molecule has 2 heterocycles. The van der Waals surface area contributed by atoms with Gasteiger partial charge in [0.15, 0.2) is 0 Å². The first-order valence-corrected chi connectivity index (χ1v) is 6.53. The highest BCUT2D eigenvalue weighted by molar-refractivity contribution is 7.99. The van der Waals surface area contributed by atoms with Crippen molar-refractivity contribution in [2.45, 2.75) is 25.8 Å². The van der Waals surface area contributed by atoms with Crippen LogP contribution in [0.1, 0.15) is 19.8 Å². The minimum Gasteiger partial charge on any atom is -0.321 e. The first kappa shape index (κ1) is 10.8. The number of nitrogens with zero attached hydrogens (tertiary/aromatic N) is 1. The maximum absolute atomic E-state index is 11.6. The summed E-state index contributed by atoms with van der Waals surface area (Å²) in [5.74, 6) is 2.03. The van der Waals surface area contributed by atoms with Crippen molar-refractivity contribution in [3.8, 4) is 0 Å². The zero-order chi connectivity index (χ0) is 10.8. The van der Waals surface area contributed by atoms with Gasteiger partial charge in [0.2, 0.25) is 5.91 Å². The Balaban J connectivity index is 2.01. The summed E-state index contributed by atoms with van der Waals surface area (Å²) in [6, 6.07) is 0.136. The third kappa shape index (κ3) is 2.27. The fourth-order valence-electron chi connectivity index (χ4n) is 2.07. The van der Waals surface area contributed by atoms with Crippen LogP contribution in [-0.4, -0.2) is 40.9 Å². The minimum atomic E-state index is -0.199. The number of nitrogens with one attached hydrogen (secondary N) is 1. The van der Waals surface area contributed by atoms with Gasteiger partial charge in [-0.05, 0) is 24.3 Å². The molecule has 0 aromatic carbocycles. The molecule has 4 nitrogen and oxygen atoms in total. The van der Waals surface area contributed by atoms with Crippen molar-refractivity contribution in [3.63, 3.8) is 0 Å². The van der Waals surface area contributed by atoms with Gasteiger partial charge >= 0.3 is 6.03 Å². The molecule has 1 atom stereocenters. The Bertz CT molecular complexity index is 277. The molecule has 0 spiro atoms. The van der Waals surface area contributed by atoms with Gasteiger partial charge in [-0.2, -0.15) is 11.8 Å². The molecule has 2 fully saturated rings. The minimum absolute atomic E-state index is 0.0720. The van der Waals surface area contributed by atoms with Crippen LogP contribution in [0.2, 0.25) is 0 Å². The Kier molecular flexibility index (Phi) is 3.19. The molecule has 1 unspecified atom stereocenters. The van der Waals surface area contributed by atoms with Crippen LogP contribution in [0.3, 0.4) is 0 Å². The van der Waals surface area contributed by atoms with Gasteiger partial charge < -0.3 is 4.90 Å². The molecule has 5 heteroatoms. The van der Waals surface area contributed by atoms with Gasteiger partial charge in [0.1, 0.15) is 0 Å². The fourth-order valence-corrected chi connectivity index (χ4v) is 3.15. The predicted molar refractivity (Wildman–Crippen MR) is 59.8 cm³/mol. The van der Waals surface area contributed by atoms with Crippen LogP contribution in [0.5, 0.6) is 0 Å². The zero-order valence-electron chi connectivity index (χ0n) is 8.86. The summed E-state index contributed by atoms with van der Waals surface area (Å²) >= 11 is 1.94. The van der Waals surface area contributed by atoms with Gasteiger partial charge in [0, 0.05) is 12.6 Å². The van der Waals surface area contributed by atoms with E-state index in [2.05, 4.69) is 5.32 Å². The fraction of sp³-hybridized carbons (Fsp3) is 0.800. The molecule has 2 aliphatic rings. The van der Waals surface area contributed by atoms with Crippen molar-refractivity contribution in [1.29, 1.82) is 0 Å². The Morgan fingerprint density at radius 2 is 2.00 bits per heavy atom. The largest absolute Gasteiger partial charge is 0.324 e. The quantitative estimate of drug-likeness (QED) is 0.730. The van der Waals surface area contributed by atoms with Crippen LogP contribution in [0, 0.1) is 5.92 Å². The van der Waals surface area contributed by atoms with E-state index < -0.39 is 0 Å². The van der Waals surface area contributed by atoms with E-state index in [1.807, 2.05) is 23.6 Å². The third-order valence-corrected chi connectivity index (χ3v) is 4.09. The average molecular weight is 228 g/mol. The molecule has 2 rings (SSSR count). The van der Waals surface area contributed by atoms with E-state index in [0.29, 0.717) is 12.6 Å². The van der Waals surface area contributed by atoms with Crippen LogP contribution in [0.4, 0.5) is 4.79 Å². The molecule has 15 heavy (non-hydrogen) atoms. The molecule has 0 aliphatic carbocycles. The van der Waals surface area contributed by atoms with E-state index in [1.165, 1.54) is 0 Å². The van der Waals surface area contributed by atoms with Crippen molar-refractivity contribution < 1.29 is 9.59 Å². The Morgan fingerprint density at radius 1 is 1.33 bits per heavy atom. The molecular formula is C10H16N2O2S. The maximum Gasteiger partial charge on any atom is 0.324 e. The van der Waals surface area contributed by atoms with Gasteiger partial charge in [0.05, 0.1) is 5.92 Å². The normalized spacial score (nSPS) is 29.1. The zero-order valence-corrected chi connectivity index (χ0v) is 9.68. The molecule has 0 saturated carbocycles. The number of hydrogen-bond acceptors (Lipinski definition) is 3. The monoisotopic (exact) mass is 228 g/mol. The number of hydrogen-bond donors (Lipinski definition) is 1. The lowest BCUT2D eigenvalue weighted by atomic mass is 10.0. The maximum atomic E-state index is 11.6. The van der Waals surface area contributed by atoms with Crippen molar-refractivity contribution in [2.75, 3.05) is 18.1 Å². The van der Waals surface area contributed by atoms with Crippen molar-refractivity contribution in [1.82, 2.24) is 10.2 Å². The van der Waals surface area contributed by atoms with E-state index >= 15 is 0 Å². The van der Waals surface area contributed by atoms with E-state index in [9.17, 15) is 9.59 Å². The molecular weight excluding hydrogens is 212 g/mol. The second-order valence-corrected chi connectivity index (χ2v) is 5.42. The highest BCUT2D eigenvalue weighted by atomic mass is 32.2. The van der Waals surface area contributed by atoms with Gasteiger partial charge in [-0.3, -0.25) is 10.1 Å². The molecule has 2 saturated heterocycles. The molecule has 0 aromatic heterocycles. The Labute approximate surface area is 93.8 Å². The summed E-state index contributed by atoms with van der Waals surface area (Å²) < 4.78 is 0. The standard InChI is InChI=1S/C10H16N2O2S/c1-7-6-12(10(14)11-9(7)13)8-2-4-15-5-3-8/h7-8H,2-6H2,1H3,(H,11,13,14). The topological polar surface area (TPSA) is 49.4 Å².